The summed E-state index contributed by atoms with van der Waals surface area (Å²) in [7, 11) is 0. The summed E-state index contributed by atoms with van der Waals surface area (Å²) >= 11 is 0.900. The molecule has 1 rings (SSSR count). The number of benzene rings is 1. The highest BCUT2D eigenvalue weighted by molar-refractivity contribution is 7.94. The number of Topliss-reactive ketones (excluding diaryl/α,β-unsaturated/α-hetero) is 1. The van der Waals surface area contributed by atoms with E-state index in [0.717, 1.165) is 12.0 Å². The summed E-state index contributed by atoms with van der Waals surface area (Å²) < 4.78 is 9.54. The van der Waals surface area contributed by atoms with Crippen molar-refractivity contribution in [1.29, 1.82) is 0 Å². The molecule has 0 heterocycles. The molecule has 0 aromatic heterocycles. The van der Waals surface area contributed by atoms with E-state index in [-0.39, 0.29) is 5.78 Å². The van der Waals surface area contributed by atoms with Gasteiger partial charge in [-0.2, -0.15) is 0 Å². The molecule has 0 spiro atoms. The molecule has 19 heavy (non-hydrogen) atoms. The number of hydrogen-bond donors (Lipinski definition) is 2. The number of hydrogen-bond acceptors (Lipinski definition) is 7. The number of carbonyl (C=O) groups excluding carboxylic acids is 1. The molecule has 0 saturated heterocycles. The average Bonchev–Trinajstić information content (AvgIpc) is 2.37. The van der Waals surface area contributed by atoms with E-state index in [0.29, 0.717) is 23.7 Å². The summed E-state index contributed by atoms with van der Waals surface area (Å²) in [5.74, 6) is 0.714. The molecule has 0 amide bonds. The summed E-state index contributed by atoms with van der Waals surface area (Å²) in [5.41, 5.74) is -0.966. The fourth-order valence-corrected chi connectivity index (χ4v) is 1.57. The largest absolute Gasteiger partial charge is 0.493 e. The first kappa shape index (κ1) is 15.9. The van der Waals surface area contributed by atoms with Crippen molar-refractivity contribution in [2.24, 2.45) is 0 Å². The standard InChI is InChI=1S/C12H16O6S/c1-12(2,14)11(13)9-3-5-10(6-4-9)16-7-8-19-18-17-15/h3-6,14-15H,7-8H2,1-2H3. The van der Waals surface area contributed by atoms with Gasteiger partial charge < -0.3 is 9.84 Å². The lowest BCUT2D eigenvalue weighted by molar-refractivity contribution is -0.432. The normalized spacial score (nSPS) is 11.4. The van der Waals surface area contributed by atoms with Crippen molar-refractivity contribution < 1.29 is 29.3 Å². The van der Waals surface area contributed by atoms with Gasteiger partial charge in [0.05, 0.1) is 12.4 Å². The summed E-state index contributed by atoms with van der Waals surface area (Å²) in [4.78, 5) is 11.8. The molecular weight excluding hydrogens is 272 g/mol. The zero-order valence-electron chi connectivity index (χ0n) is 10.7. The first-order chi connectivity index (χ1) is 8.95. The Kier molecular flexibility index (Phi) is 6.26. The molecule has 6 nitrogen and oxygen atoms in total. The molecule has 0 aliphatic carbocycles. The van der Waals surface area contributed by atoms with Gasteiger partial charge in [-0.05, 0) is 38.1 Å². The molecule has 7 heteroatoms. The van der Waals surface area contributed by atoms with Crippen molar-refractivity contribution >= 4 is 17.8 Å². The van der Waals surface area contributed by atoms with E-state index in [2.05, 4.69) is 9.37 Å². The minimum absolute atomic E-state index is 0.344. The van der Waals surface area contributed by atoms with Gasteiger partial charge in [0.25, 0.3) is 0 Å². The van der Waals surface area contributed by atoms with E-state index >= 15 is 0 Å². The minimum Gasteiger partial charge on any atom is -0.493 e. The maximum atomic E-state index is 11.8. The van der Waals surface area contributed by atoms with Crippen LogP contribution in [0.3, 0.4) is 0 Å². The predicted molar refractivity (Wildman–Crippen MR) is 69.8 cm³/mol. The maximum absolute atomic E-state index is 11.8. The molecule has 0 atom stereocenters. The Morgan fingerprint density at radius 2 is 1.95 bits per heavy atom. The second-order valence-corrected chi connectivity index (χ2v) is 5.01. The Morgan fingerprint density at radius 1 is 1.32 bits per heavy atom. The van der Waals surface area contributed by atoms with E-state index in [9.17, 15) is 9.90 Å². The lowest BCUT2D eigenvalue weighted by Crippen LogP contribution is -2.30. The first-order valence-corrected chi connectivity index (χ1v) is 6.46. The predicted octanol–water partition coefficient (Wildman–Crippen LogP) is 2.09. The summed E-state index contributed by atoms with van der Waals surface area (Å²) in [6.07, 6.45) is 0. The van der Waals surface area contributed by atoms with Gasteiger partial charge in [-0.3, -0.25) is 4.79 Å². The molecule has 1 aromatic carbocycles. The van der Waals surface area contributed by atoms with Crippen molar-refractivity contribution in [1.82, 2.24) is 0 Å². The van der Waals surface area contributed by atoms with Crippen LogP contribution in [0.15, 0.2) is 24.3 Å². The number of ether oxygens (including phenoxy) is 1. The third-order valence-corrected chi connectivity index (χ3v) is 2.68. The Hall–Kier alpha value is -1.12. The van der Waals surface area contributed by atoms with Crippen LogP contribution in [-0.2, 0) is 9.37 Å². The van der Waals surface area contributed by atoms with Crippen LogP contribution in [0.4, 0.5) is 0 Å². The Bertz CT molecular complexity index is 398. The molecular formula is C12H16O6S. The number of aliphatic hydroxyl groups is 1. The van der Waals surface area contributed by atoms with E-state index in [1.54, 1.807) is 24.3 Å². The second-order valence-electron chi connectivity index (χ2n) is 4.23. The van der Waals surface area contributed by atoms with Crippen LogP contribution in [0.1, 0.15) is 24.2 Å². The SMILES string of the molecule is CC(C)(O)C(=O)c1ccc(OCCSOOO)cc1. The quantitative estimate of drug-likeness (QED) is 0.249. The third-order valence-electron chi connectivity index (χ3n) is 2.19. The van der Waals surface area contributed by atoms with Crippen molar-refractivity contribution in [3.8, 4) is 5.75 Å². The lowest BCUT2D eigenvalue weighted by Gasteiger charge is -2.15. The molecule has 1 aromatic rings. The second kappa shape index (κ2) is 7.46. The molecule has 0 unspecified atom stereocenters. The molecule has 0 radical (unpaired) electrons. The topological polar surface area (TPSA) is 85.2 Å². The Morgan fingerprint density at radius 3 is 2.47 bits per heavy atom. The van der Waals surface area contributed by atoms with Crippen molar-refractivity contribution in [2.75, 3.05) is 12.4 Å². The molecule has 0 bridgehead atoms. The van der Waals surface area contributed by atoms with Crippen LogP contribution in [0, 0.1) is 0 Å². The van der Waals surface area contributed by atoms with E-state index in [4.69, 9.17) is 9.99 Å². The highest BCUT2D eigenvalue weighted by Gasteiger charge is 2.24. The van der Waals surface area contributed by atoms with Crippen LogP contribution < -0.4 is 4.74 Å². The molecule has 0 aliphatic heterocycles. The summed E-state index contributed by atoms with van der Waals surface area (Å²) in [6.45, 7) is 3.24. The number of ketones is 1. The fourth-order valence-electron chi connectivity index (χ4n) is 1.30. The van der Waals surface area contributed by atoms with Crippen molar-refractivity contribution in [3.05, 3.63) is 29.8 Å². The van der Waals surface area contributed by atoms with E-state index in [1.165, 1.54) is 13.8 Å². The highest BCUT2D eigenvalue weighted by Crippen LogP contribution is 2.17. The first-order valence-electron chi connectivity index (χ1n) is 5.55. The zero-order valence-corrected chi connectivity index (χ0v) is 11.5. The average molecular weight is 288 g/mol. The zero-order chi connectivity index (χ0) is 14.3. The minimum atomic E-state index is -1.39. The van der Waals surface area contributed by atoms with Gasteiger partial charge in [-0.1, -0.05) is 5.04 Å². The van der Waals surface area contributed by atoms with Gasteiger partial charge in [-0.15, -0.1) is 4.33 Å². The molecule has 0 saturated carbocycles. The number of carbonyl (C=O) groups is 1. The fraction of sp³-hybridized carbons (Fsp3) is 0.417. The van der Waals surface area contributed by atoms with Crippen LogP contribution in [0.25, 0.3) is 0 Å². The smallest absolute Gasteiger partial charge is 0.193 e. The monoisotopic (exact) mass is 288 g/mol. The van der Waals surface area contributed by atoms with Crippen LogP contribution >= 0.6 is 12.0 Å². The molecule has 106 valence electrons. The van der Waals surface area contributed by atoms with E-state index in [1.807, 2.05) is 0 Å². The maximum Gasteiger partial charge on any atom is 0.193 e. The van der Waals surface area contributed by atoms with Gasteiger partial charge in [0.15, 0.2) is 5.78 Å². The third kappa shape index (κ3) is 5.58. The summed E-state index contributed by atoms with van der Waals surface area (Å²) in [5, 5.41) is 20.9. The van der Waals surface area contributed by atoms with Crippen molar-refractivity contribution in [3.63, 3.8) is 0 Å². The Labute approximate surface area is 115 Å². The summed E-state index contributed by atoms with van der Waals surface area (Å²) in [6, 6.07) is 6.48. The van der Waals surface area contributed by atoms with Gasteiger partial charge in [0, 0.05) is 17.6 Å². The van der Waals surface area contributed by atoms with Crippen LogP contribution in [-0.4, -0.2) is 34.1 Å². The van der Waals surface area contributed by atoms with Crippen LogP contribution in [0.5, 0.6) is 5.75 Å². The number of rotatable bonds is 8. The van der Waals surface area contributed by atoms with E-state index < -0.39 is 5.60 Å². The molecule has 2 N–H and O–H groups in total. The molecule has 0 fully saturated rings. The van der Waals surface area contributed by atoms with Gasteiger partial charge >= 0.3 is 0 Å². The molecule has 0 aliphatic rings. The lowest BCUT2D eigenvalue weighted by atomic mass is 9.97. The van der Waals surface area contributed by atoms with Gasteiger partial charge in [0.1, 0.15) is 11.4 Å². The van der Waals surface area contributed by atoms with Crippen molar-refractivity contribution in [2.45, 2.75) is 19.4 Å². The highest BCUT2D eigenvalue weighted by atomic mass is 32.2. The van der Waals surface area contributed by atoms with Gasteiger partial charge in [0.2, 0.25) is 0 Å². The van der Waals surface area contributed by atoms with Crippen LogP contribution in [0.2, 0.25) is 0 Å². The van der Waals surface area contributed by atoms with Gasteiger partial charge in [-0.25, -0.2) is 5.26 Å². The Balaban J connectivity index is 2.46.